The Morgan fingerprint density at radius 2 is 1.71 bits per heavy atom. The zero-order chi connectivity index (χ0) is 14.5. The smallest absolute Gasteiger partial charge is 0.0400 e. The van der Waals surface area contributed by atoms with Crippen LogP contribution in [0.2, 0.25) is 0 Å². The molecule has 2 aromatic rings. The van der Waals surface area contributed by atoms with Gasteiger partial charge in [-0.3, -0.25) is 4.90 Å². The minimum absolute atomic E-state index is 0.884. The maximum absolute atomic E-state index is 3.53. The fraction of sp³-hybridized carbons (Fsp3) is 0.368. The van der Waals surface area contributed by atoms with Crippen molar-refractivity contribution in [1.29, 1.82) is 0 Å². The third-order valence-corrected chi connectivity index (χ3v) is 4.11. The molecule has 0 atom stereocenters. The number of nitrogens with zero attached hydrogens (tertiary/aromatic N) is 1. The van der Waals surface area contributed by atoms with Crippen molar-refractivity contribution in [3.63, 3.8) is 0 Å². The van der Waals surface area contributed by atoms with E-state index in [1.807, 2.05) is 0 Å². The van der Waals surface area contributed by atoms with Gasteiger partial charge in [-0.25, -0.2) is 0 Å². The van der Waals surface area contributed by atoms with E-state index in [1.54, 1.807) is 0 Å². The van der Waals surface area contributed by atoms with Crippen molar-refractivity contribution in [3.05, 3.63) is 65.2 Å². The summed E-state index contributed by atoms with van der Waals surface area (Å²) in [5.41, 5.74) is 5.27. The van der Waals surface area contributed by atoms with Crippen LogP contribution in [-0.2, 0) is 13.1 Å². The third-order valence-electron chi connectivity index (χ3n) is 4.11. The van der Waals surface area contributed by atoms with Crippen LogP contribution < -0.4 is 5.32 Å². The number of anilines is 1. The third kappa shape index (κ3) is 4.08. The first kappa shape index (κ1) is 14.2. The van der Waals surface area contributed by atoms with E-state index in [1.165, 1.54) is 48.3 Å². The van der Waals surface area contributed by atoms with E-state index in [4.69, 9.17) is 0 Å². The molecule has 2 nitrogen and oxygen atoms in total. The number of hydrogen-bond donors (Lipinski definition) is 1. The Morgan fingerprint density at radius 1 is 0.952 bits per heavy atom. The lowest BCUT2D eigenvalue weighted by Gasteiger charge is -2.15. The minimum Gasteiger partial charge on any atom is -0.381 e. The molecule has 1 saturated heterocycles. The van der Waals surface area contributed by atoms with E-state index in [-0.39, 0.29) is 0 Å². The molecule has 1 aliphatic rings. The summed E-state index contributed by atoms with van der Waals surface area (Å²) in [5.74, 6) is 0. The molecule has 0 radical (unpaired) electrons. The normalized spacial score (nSPS) is 15.3. The second kappa shape index (κ2) is 6.77. The summed E-state index contributed by atoms with van der Waals surface area (Å²) >= 11 is 0. The highest BCUT2D eigenvalue weighted by molar-refractivity contribution is 5.46. The molecule has 1 aliphatic heterocycles. The molecule has 1 fully saturated rings. The van der Waals surface area contributed by atoms with E-state index >= 15 is 0 Å². The van der Waals surface area contributed by atoms with Crippen LogP contribution in [-0.4, -0.2) is 18.0 Å². The molecule has 3 rings (SSSR count). The highest BCUT2D eigenvalue weighted by atomic mass is 15.1. The summed E-state index contributed by atoms with van der Waals surface area (Å²) in [5, 5.41) is 3.53. The van der Waals surface area contributed by atoms with Crippen molar-refractivity contribution < 1.29 is 0 Å². The molecule has 21 heavy (non-hydrogen) atoms. The average Bonchev–Trinajstić information content (AvgIpc) is 2.99. The van der Waals surface area contributed by atoms with Crippen LogP contribution in [0.4, 0.5) is 5.69 Å². The standard InChI is InChI=1S/C19H24N2/c1-16-6-4-7-17(12-16)14-20-19-9-5-8-18(13-19)15-21-10-2-3-11-21/h4-9,12-13,20H,2-3,10-11,14-15H2,1H3. The van der Waals surface area contributed by atoms with Crippen molar-refractivity contribution in [3.8, 4) is 0 Å². The van der Waals surface area contributed by atoms with Crippen molar-refractivity contribution >= 4 is 5.69 Å². The van der Waals surface area contributed by atoms with Crippen LogP contribution >= 0.6 is 0 Å². The molecule has 1 heterocycles. The van der Waals surface area contributed by atoms with E-state index in [2.05, 4.69) is 65.7 Å². The van der Waals surface area contributed by atoms with Gasteiger partial charge in [0, 0.05) is 18.8 Å². The van der Waals surface area contributed by atoms with Crippen LogP contribution in [0, 0.1) is 6.92 Å². The first-order chi connectivity index (χ1) is 10.3. The highest BCUT2D eigenvalue weighted by Gasteiger charge is 2.11. The average molecular weight is 280 g/mol. The molecule has 2 heteroatoms. The summed E-state index contributed by atoms with van der Waals surface area (Å²) in [6, 6.07) is 17.5. The molecule has 0 aromatic heterocycles. The molecule has 0 unspecified atom stereocenters. The fourth-order valence-corrected chi connectivity index (χ4v) is 3.00. The molecular weight excluding hydrogens is 256 g/mol. The summed E-state index contributed by atoms with van der Waals surface area (Å²) in [6.45, 7) is 6.61. The molecule has 110 valence electrons. The van der Waals surface area contributed by atoms with Gasteiger partial charge >= 0.3 is 0 Å². The first-order valence-electron chi connectivity index (χ1n) is 7.90. The number of rotatable bonds is 5. The molecule has 0 amide bonds. The van der Waals surface area contributed by atoms with Crippen LogP contribution in [0.5, 0.6) is 0 Å². The van der Waals surface area contributed by atoms with Crippen LogP contribution in [0.15, 0.2) is 48.5 Å². The molecule has 2 aromatic carbocycles. The van der Waals surface area contributed by atoms with Gasteiger partial charge in [0.15, 0.2) is 0 Å². The van der Waals surface area contributed by atoms with Gasteiger partial charge in [0.2, 0.25) is 0 Å². The quantitative estimate of drug-likeness (QED) is 0.883. The fourth-order valence-electron chi connectivity index (χ4n) is 3.00. The second-order valence-electron chi connectivity index (χ2n) is 6.03. The highest BCUT2D eigenvalue weighted by Crippen LogP contribution is 2.17. The monoisotopic (exact) mass is 280 g/mol. The lowest BCUT2D eigenvalue weighted by molar-refractivity contribution is 0.331. The maximum atomic E-state index is 3.53. The van der Waals surface area contributed by atoms with Gasteiger partial charge in [0.05, 0.1) is 0 Å². The van der Waals surface area contributed by atoms with E-state index < -0.39 is 0 Å². The molecule has 0 saturated carbocycles. The van der Waals surface area contributed by atoms with Crippen LogP contribution in [0.1, 0.15) is 29.5 Å². The number of likely N-dealkylation sites (tertiary alicyclic amines) is 1. The maximum Gasteiger partial charge on any atom is 0.0400 e. The van der Waals surface area contributed by atoms with E-state index in [9.17, 15) is 0 Å². The Hall–Kier alpha value is -1.80. The molecule has 1 N–H and O–H groups in total. The predicted octanol–water partition coefficient (Wildman–Crippen LogP) is 4.20. The van der Waals surface area contributed by atoms with E-state index in [0.717, 1.165) is 13.1 Å². The van der Waals surface area contributed by atoms with Gasteiger partial charge in [-0.15, -0.1) is 0 Å². The Kier molecular flexibility index (Phi) is 4.56. The summed E-state index contributed by atoms with van der Waals surface area (Å²) in [4.78, 5) is 2.54. The Balaban J connectivity index is 1.60. The largest absolute Gasteiger partial charge is 0.381 e. The molecular formula is C19H24N2. The van der Waals surface area contributed by atoms with Gasteiger partial charge in [-0.05, 0) is 56.1 Å². The summed E-state index contributed by atoms with van der Waals surface area (Å²) < 4.78 is 0. The van der Waals surface area contributed by atoms with Gasteiger partial charge in [-0.2, -0.15) is 0 Å². The summed E-state index contributed by atoms with van der Waals surface area (Å²) in [6.07, 6.45) is 2.70. The van der Waals surface area contributed by atoms with Gasteiger partial charge in [0.25, 0.3) is 0 Å². The Morgan fingerprint density at radius 3 is 2.52 bits per heavy atom. The second-order valence-corrected chi connectivity index (χ2v) is 6.03. The van der Waals surface area contributed by atoms with Gasteiger partial charge < -0.3 is 5.32 Å². The van der Waals surface area contributed by atoms with Gasteiger partial charge in [0.1, 0.15) is 0 Å². The van der Waals surface area contributed by atoms with Crippen molar-refractivity contribution in [1.82, 2.24) is 4.90 Å². The number of hydrogen-bond acceptors (Lipinski definition) is 2. The van der Waals surface area contributed by atoms with Crippen molar-refractivity contribution in [2.45, 2.75) is 32.9 Å². The molecule has 0 spiro atoms. The van der Waals surface area contributed by atoms with Crippen molar-refractivity contribution in [2.75, 3.05) is 18.4 Å². The number of aryl methyl sites for hydroxylation is 1. The number of benzene rings is 2. The van der Waals surface area contributed by atoms with Crippen molar-refractivity contribution in [2.24, 2.45) is 0 Å². The lowest BCUT2D eigenvalue weighted by atomic mass is 10.1. The van der Waals surface area contributed by atoms with E-state index in [0.29, 0.717) is 0 Å². The SMILES string of the molecule is Cc1cccc(CNc2cccc(CN3CCCC3)c2)c1. The topological polar surface area (TPSA) is 15.3 Å². The minimum atomic E-state index is 0.884. The summed E-state index contributed by atoms with van der Waals surface area (Å²) in [7, 11) is 0. The Bertz CT molecular complexity index is 586. The lowest BCUT2D eigenvalue weighted by Crippen LogP contribution is -2.18. The van der Waals surface area contributed by atoms with Crippen LogP contribution in [0.25, 0.3) is 0 Å². The predicted molar refractivity (Wildman–Crippen MR) is 89.5 cm³/mol. The zero-order valence-electron chi connectivity index (χ0n) is 12.8. The molecule has 0 bridgehead atoms. The zero-order valence-corrected chi connectivity index (χ0v) is 12.8. The molecule has 0 aliphatic carbocycles. The van der Waals surface area contributed by atoms with Crippen LogP contribution in [0.3, 0.4) is 0 Å². The number of nitrogens with one attached hydrogen (secondary N) is 1. The van der Waals surface area contributed by atoms with Gasteiger partial charge in [-0.1, -0.05) is 42.0 Å². The Labute approximate surface area is 127 Å². The first-order valence-corrected chi connectivity index (χ1v) is 7.90.